The maximum Gasteiger partial charge on any atom is 0.233 e. The molecule has 1 aromatic rings. The van der Waals surface area contributed by atoms with Crippen LogP contribution in [0.1, 0.15) is 19.5 Å². The molecule has 0 saturated carbocycles. The van der Waals surface area contributed by atoms with E-state index in [4.69, 9.17) is 9.47 Å². The van der Waals surface area contributed by atoms with E-state index in [1.165, 1.54) is 0 Å². The van der Waals surface area contributed by atoms with Crippen LogP contribution in [0.2, 0.25) is 0 Å². The van der Waals surface area contributed by atoms with Crippen LogP contribution in [0, 0.1) is 6.92 Å². The molecule has 92 valence electrons. The summed E-state index contributed by atoms with van der Waals surface area (Å²) in [5, 5.41) is 13.7. The first kappa shape index (κ1) is 13.0. The highest BCUT2D eigenvalue weighted by atomic mass is 16.5. The Morgan fingerprint density at radius 1 is 1.44 bits per heavy atom. The van der Waals surface area contributed by atoms with E-state index in [-0.39, 0.29) is 19.3 Å². The van der Waals surface area contributed by atoms with Crippen LogP contribution >= 0.6 is 0 Å². The van der Waals surface area contributed by atoms with Crippen LogP contribution in [-0.2, 0) is 11.8 Å². The van der Waals surface area contributed by atoms with Crippen molar-refractivity contribution in [2.75, 3.05) is 13.2 Å². The highest BCUT2D eigenvalue weighted by molar-refractivity contribution is 5.13. The molecule has 0 aliphatic carbocycles. The second-order valence-electron chi connectivity index (χ2n) is 4.09. The van der Waals surface area contributed by atoms with E-state index in [1.807, 2.05) is 33.9 Å². The summed E-state index contributed by atoms with van der Waals surface area (Å²) in [6, 6.07) is 1.83. The van der Waals surface area contributed by atoms with E-state index in [2.05, 4.69) is 5.10 Å². The molecule has 0 amide bonds. The van der Waals surface area contributed by atoms with E-state index in [0.29, 0.717) is 5.88 Å². The van der Waals surface area contributed by atoms with Crippen molar-refractivity contribution in [1.82, 2.24) is 9.78 Å². The lowest BCUT2D eigenvalue weighted by atomic mass is 10.4. The lowest BCUT2D eigenvalue weighted by Crippen LogP contribution is -2.25. The van der Waals surface area contributed by atoms with Crippen LogP contribution < -0.4 is 4.74 Å². The van der Waals surface area contributed by atoms with E-state index in [1.54, 1.807) is 4.68 Å². The predicted octanol–water partition coefficient (Wildman–Crippen LogP) is 0.893. The summed E-state index contributed by atoms with van der Waals surface area (Å²) in [5.74, 6) is 0.531. The Labute approximate surface area is 96.0 Å². The molecule has 0 bridgehead atoms. The Kier molecular flexibility index (Phi) is 4.76. The molecule has 1 rings (SSSR count). The fraction of sp³-hybridized carbons (Fsp3) is 0.727. The van der Waals surface area contributed by atoms with Gasteiger partial charge in [0.1, 0.15) is 12.7 Å². The van der Waals surface area contributed by atoms with Crippen molar-refractivity contribution in [3.05, 3.63) is 11.8 Å². The number of aryl methyl sites for hydroxylation is 2. The average Bonchev–Trinajstić information content (AvgIpc) is 2.52. The fourth-order valence-electron chi connectivity index (χ4n) is 1.13. The average molecular weight is 228 g/mol. The Morgan fingerprint density at radius 3 is 2.62 bits per heavy atom. The van der Waals surface area contributed by atoms with Gasteiger partial charge in [-0.1, -0.05) is 0 Å². The highest BCUT2D eigenvalue weighted by Gasteiger charge is 2.08. The van der Waals surface area contributed by atoms with Crippen LogP contribution in [0.4, 0.5) is 0 Å². The molecule has 0 spiro atoms. The summed E-state index contributed by atoms with van der Waals surface area (Å²) in [5.41, 5.74) is 1.02. The highest BCUT2D eigenvalue weighted by Crippen LogP contribution is 2.09. The van der Waals surface area contributed by atoms with Crippen LogP contribution in [0.3, 0.4) is 0 Å². The van der Waals surface area contributed by atoms with Crippen molar-refractivity contribution in [3.8, 4) is 5.88 Å². The first-order chi connectivity index (χ1) is 7.49. The van der Waals surface area contributed by atoms with Gasteiger partial charge in [-0.15, -0.1) is 5.10 Å². The third-order valence-electron chi connectivity index (χ3n) is 2.14. The molecule has 0 aliphatic rings. The number of hydrogen-bond acceptors (Lipinski definition) is 4. The molecule has 1 unspecified atom stereocenters. The van der Waals surface area contributed by atoms with Crippen molar-refractivity contribution in [2.24, 2.45) is 7.05 Å². The molecule has 0 radical (unpaired) electrons. The zero-order valence-electron chi connectivity index (χ0n) is 10.3. The number of rotatable bonds is 6. The molecule has 16 heavy (non-hydrogen) atoms. The Balaban J connectivity index is 2.28. The number of aliphatic hydroxyl groups excluding tert-OH is 1. The van der Waals surface area contributed by atoms with Crippen LogP contribution in [0.25, 0.3) is 0 Å². The molecule has 0 saturated heterocycles. The van der Waals surface area contributed by atoms with E-state index in [9.17, 15) is 5.11 Å². The quantitative estimate of drug-likeness (QED) is 0.785. The Hall–Kier alpha value is -1.07. The molecule has 5 nitrogen and oxygen atoms in total. The number of hydrogen-bond donors (Lipinski definition) is 1. The van der Waals surface area contributed by atoms with Gasteiger partial charge in [0.25, 0.3) is 0 Å². The lowest BCUT2D eigenvalue weighted by Gasteiger charge is -2.13. The molecule has 1 heterocycles. The maximum atomic E-state index is 9.55. The molecule has 0 fully saturated rings. The molecular formula is C11H20N2O3. The minimum Gasteiger partial charge on any atom is -0.474 e. The minimum atomic E-state index is -0.621. The predicted molar refractivity (Wildman–Crippen MR) is 60.5 cm³/mol. The first-order valence-electron chi connectivity index (χ1n) is 5.42. The Bertz CT molecular complexity index is 304. The fourth-order valence-corrected chi connectivity index (χ4v) is 1.13. The second-order valence-corrected chi connectivity index (χ2v) is 4.09. The minimum absolute atomic E-state index is 0.117. The number of nitrogens with zero attached hydrogens (tertiary/aromatic N) is 2. The molecule has 1 aromatic heterocycles. The summed E-state index contributed by atoms with van der Waals surface area (Å²) in [7, 11) is 1.85. The van der Waals surface area contributed by atoms with Gasteiger partial charge in [0.05, 0.1) is 12.7 Å². The summed E-state index contributed by atoms with van der Waals surface area (Å²) >= 11 is 0. The van der Waals surface area contributed by atoms with Crippen molar-refractivity contribution < 1.29 is 14.6 Å². The van der Waals surface area contributed by atoms with Crippen LogP contribution in [0.5, 0.6) is 5.88 Å². The summed E-state index contributed by atoms with van der Waals surface area (Å²) in [4.78, 5) is 0. The van der Waals surface area contributed by atoms with Gasteiger partial charge >= 0.3 is 0 Å². The topological polar surface area (TPSA) is 56.5 Å². The Morgan fingerprint density at radius 2 is 2.12 bits per heavy atom. The molecule has 1 N–H and O–H groups in total. The van der Waals surface area contributed by atoms with E-state index < -0.39 is 6.10 Å². The summed E-state index contributed by atoms with van der Waals surface area (Å²) in [6.45, 7) is 6.27. The lowest BCUT2D eigenvalue weighted by molar-refractivity contribution is -0.0129. The van der Waals surface area contributed by atoms with Gasteiger partial charge in [-0.3, -0.25) is 4.68 Å². The van der Waals surface area contributed by atoms with Crippen LogP contribution in [0.15, 0.2) is 6.07 Å². The van der Waals surface area contributed by atoms with Gasteiger partial charge in [0.15, 0.2) is 0 Å². The van der Waals surface area contributed by atoms with Gasteiger partial charge in [-0.25, -0.2) is 0 Å². The van der Waals surface area contributed by atoms with Gasteiger partial charge < -0.3 is 14.6 Å². The van der Waals surface area contributed by atoms with Gasteiger partial charge in [-0.2, -0.15) is 0 Å². The normalized spacial score (nSPS) is 13.1. The third kappa shape index (κ3) is 4.20. The van der Waals surface area contributed by atoms with Crippen molar-refractivity contribution in [1.29, 1.82) is 0 Å². The second kappa shape index (κ2) is 5.86. The number of aromatic nitrogens is 2. The third-order valence-corrected chi connectivity index (χ3v) is 2.14. The zero-order valence-corrected chi connectivity index (χ0v) is 10.3. The van der Waals surface area contributed by atoms with Gasteiger partial charge in [-0.05, 0) is 20.8 Å². The molecule has 5 heteroatoms. The number of aliphatic hydroxyl groups is 1. The SMILES string of the molecule is Cc1cc(OCC(O)COC(C)C)nn1C. The maximum absolute atomic E-state index is 9.55. The van der Waals surface area contributed by atoms with Crippen molar-refractivity contribution >= 4 is 0 Å². The van der Waals surface area contributed by atoms with Crippen LogP contribution in [-0.4, -0.2) is 40.3 Å². The monoisotopic (exact) mass is 228 g/mol. The molecule has 0 aliphatic heterocycles. The van der Waals surface area contributed by atoms with E-state index in [0.717, 1.165) is 5.69 Å². The van der Waals surface area contributed by atoms with Gasteiger partial charge in [0.2, 0.25) is 5.88 Å². The van der Waals surface area contributed by atoms with E-state index >= 15 is 0 Å². The summed E-state index contributed by atoms with van der Waals surface area (Å²) in [6.07, 6.45) is -0.503. The smallest absolute Gasteiger partial charge is 0.233 e. The molecule has 1 atom stereocenters. The zero-order chi connectivity index (χ0) is 12.1. The molecular weight excluding hydrogens is 208 g/mol. The standard InChI is InChI=1S/C11H20N2O3/c1-8(2)15-6-10(14)7-16-11-5-9(3)13(4)12-11/h5,8,10,14H,6-7H2,1-4H3. The van der Waals surface area contributed by atoms with Crippen molar-refractivity contribution in [3.63, 3.8) is 0 Å². The van der Waals surface area contributed by atoms with Crippen molar-refractivity contribution in [2.45, 2.75) is 33.0 Å². The molecule has 0 aromatic carbocycles. The summed E-state index contributed by atoms with van der Waals surface area (Å²) < 4.78 is 12.3. The van der Waals surface area contributed by atoms with Gasteiger partial charge in [0, 0.05) is 18.8 Å². The number of ether oxygens (including phenoxy) is 2. The largest absolute Gasteiger partial charge is 0.474 e. The first-order valence-corrected chi connectivity index (χ1v) is 5.42.